The van der Waals surface area contributed by atoms with Gasteiger partial charge < -0.3 is 9.47 Å². The van der Waals surface area contributed by atoms with Gasteiger partial charge in [0.2, 0.25) is 0 Å². The first-order valence-electron chi connectivity index (χ1n) is 20.6. The topological polar surface area (TPSA) is 8.17 Å². The van der Waals surface area contributed by atoms with E-state index in [-0.39, 0.29) is 0 Å². The highest BCUT2D eigenvalue weighted by Gasteiger charge is 2.22. The Balaban J connectivity index is 1.10. The van der Waals surface area contributed by atoms with Crippen LogP contribution >= 0.6 is 0 Å². The predicted octanol–water partition coefficient (Wildman–Crippen LogP) is 16.1. The van der Waals surface area contributed by atoms with E-state index in [1.165, 1.54) is 77.2 Å². The lowest BCUT2D eigenvalue weighted by molar-refractivity contribution is 1.18. The number of hydrogen-bond acceptors (Lipinski definition) is 1. The predicted molar refractivity (Wildman–Crippen MR) is 255 cm³/mol. The van der Waals surface area contributed by atoms with Crippen LogP contribution in [-0.4, -0.2) is 4.57 Å². The minimum absolute atomic E-state index is 1.08. The normalized spacial score (nSPS) is 11.3. The summed E-state index contributed by atoms with van der Waals surface area (Å²) in [5.74, 6) is 0. The van der Waals surface area contributed by atoms with Crippen LogP contribution in [0, 0.1) is 0 Å². The molecule has 0 spiro atoms. The van der Waals surface area contributed by atoms with Crippen LogP contribution in [0.5, 0.6) is 0 Å². The second-order valence-corrected chi connectivity index (χ2v) is 15.3. The van der Waals surface area contributed by atoms with E-state index in [4.69, 9.17) is 0 Å². The molecule has 0 N–H and O–H groups in total. The Hall–Kier alpha value is -7.94. The van der Waals surface area contributed by atoms with Gasteiger partial charge in [0.1, 0.15) is 0 Å². The molecule has 1 heterocycles. The molecule has 10 aromatic carbocycles. The Morgan fingerprint density at radius 1 is 0.267 bits per heavy atom. The molecule has 0 radical (unpaired) electrons. The van der Waals surface area contributed by atoms with Gasteiger partial charge >= 0.3 is 0 Å². The molecule has 2 nitrogen and oxygen atoms in total. The number of rotatable bonds is 8. The fourth-order valence-corrected chi connectivity index (χ4v) is 9.04. The van der Waals surface area contributed by atoms with E-state index in [0.717, 1.165) is 22.6 Å². The number of anilines is 3. The third kappa shape index (κ3) is 6.14. The van der Waals surface area contributed by atoms with Crippen molar-refractivity contribution in [3.8, 4) is 50.2 Å². The molecule has 60 heavy (non-hydrogen) atoms. The maximum absolute atomic E-state index is 2.47. The lowest BCUT2D eigenvalue weighted by Gasteiger charge is -2.28. The highest BCUT2D eigenvalue weighted by Crippen LogP contribution is 2.45. The van der Waals surface area contributed by atoms with Gasteiger partial charge in [0.25, 0.3) is 0 Å². The Labute approximate surface area is 350 Å². The molecule has 11 rings (SSSR count). The van der Waals surface area contributed by atoms with Crippen molar-refractivity contribution in [3.05, 3.63) is 243 Å². The summed E-state index contributed by atoms with van der Waals surface area (Å²) in [4.78, 5) is 2.41. The summed E-state index contributed by atoms with van der Waals surface area (Å²) in [6.45, 7) is 0. The molecule has 0 fully saturated rings. The van der Waals surface area contributed by atoms with Crippen molar-refractivity contribution in [2.45, 2.75) is 0 Å². The van der Waals surface area contributed by atoms with Gasteiger partial charge in [0.05, 0.1) is 22.4 Å². The Morgan fingerprint density at radius 2 is 0.683 bits per heavy atom. The van der Waals surface area contributed by atoms with Crippen molar-refractivity contribution in [3.63, 3.8) is 0 Å². The average Bonchev–Trinajstić information content (AvgIpc) is 3.66. The van der Waals surface area contributed by atoms with Gasteiger partial charge in [-0.3, -0.25) is 0 Å². The van der Waals surface area contributed by atoms with Gasteiger partial charge in [0, 0.05) is 38.8 Å². The number of aromatic nitrogens is 1. The highest BCUT2D eigenvalue weighted by molar-refractivity contribution is 6.10. The summed E-state index contributed by atoms with van der Waals surface area (Å²) in [5.41, 5.74) is 16.3. The lowest BCUT2D eigenvalue weighted by atomic mass is 9.94. The molecular weight excluding hydrogens is 725 g/mol. The first-order chi connectivity index (χ1) is 29.8. The summed E-state index contributed by atoms with van der Waals surface area (Å²) in [7, 11) is 0. The Kier molecular flexibility index (Phi) is 8.87. The molecule has 11 aromatic rings. The van der Waals surface area contributed by atoms with E-state index in [0.29, 0.717) is 0 Å². The maximum Gasteiger partial charge on any atom is 0.0618 e. The molecule has 0 saturated heterocycles. The number of nitrogens with zero attached hydrogens (tertiary/aromatic N) is 2. The van der Waals surface area contributed by atoms with Crippen LogP contribution in [0.1, 0.15) is 0 Å². The molecule has 0 atom stereocenters. The zero-order valence-corrected chi connectivity index (χ0v) is 33.0. The van der Waals surface area contributed by atoms with Gasteiger partial charge in [-0.1, -0.05) is 200 Å². The van der Waals surface area contributed by atoms with Gasteiger partial charge in [0.15, 0.2) is 0 Å². The third-order valence-electron chi connectivity index (χ3n) is 11.8. The summed E-state index contributed by atoms with van der Waals surface area (Å²) in [5, 5.41) is 4.95. The van der Waals surface area contributed by atoms with E-state index < -0.39 is 0 Å². The van der Waals surface area contributed by atoms with E-state index in [1.807, 2.05) is 0 Å². The van der Waals surface area contributed by atoms with Gasteiger partial charge in [-0.05, 0) is 81.1 Å². The minimum Gasteiger partial charge on any atom is -0.310 e. The summed E-state index contributed by atoms with van der Waals surface area (Å²) in [6, 6.07) is 87.9. The van der Waals surface area contributed by atoms with Crippen LogP contribution in [0.4, 0.5) is 17.1 Å². The molecule has 0 bridgehead atoms. The largest absolute Gasteiger partial charge is 0.310 e. The number of fused-ring (bicyclic) bond motifs is 4. The molecular formula is C58H40N2. The smallest absolute Gasteiger partial charge is 0.0618 e. The Morgan fingerprint density at radius 3 is 1.33 bits per heavy atom. The van der Waals surface area contributed by atoms with Crippen molar-refractivity contribution in [1.82, 2.24) is 4.57 Å². The average molecular weight is 765 g/mol. The molecule has 1 aromatic heterocycles. The van der Waals surface area contributed by atoms with Crippen LogP contribution < -0.4 is 4.90 Å². The van der Waals surface area contributed by atoms with Crippen molar-refractivity contribution in [1.29, 1.82) is 0 Å². The maximum atomic E-state index is 2.47. The third-order valence-corrected chi connectivity index (χ3v) is 11.8. The second kappa shape index (κ2) is 15.1. The lowest BCUT2D eigenvalue weighted by Crippen LogP contribution is -2.11. The Bertz CT molecular complexity index is 3230. The molecule has 0 aliphatic carbocycles. The van der Waals surface area contributed by atoms with Crippen molar-refractivity contribution in [2.75, 3.05) is 4.90 Å². The van der Waals surface area contributed by atoms with Crippen LogP contribution in [-0.2, 0) is 0 Å². The summed E-state index contributed by atoms with van der Waals surface area (Å²) in [6.07, 6.45) is 0. The van der Waals surface area contributed by atoms with Crippen LogP contribution in [0.2, 0.25) is 0 Å². The molecule has 0 aliphatic rings. The monoisotopic (exact) mass is 764 g/mol. The first-order valence-corrected chi connectivity index (χ1v) is 20.6. The van der Waals surface area contributed by atoms with Crippen LogP contribution in [0.15, 0.2) is 243 Å². The van der Waals surface area contributed by atoms with Crippen LogP contribution in [0.3, 0.4) is 0 Å². The minimum atomic E-state index is 1.08. The standard InChI is InChI=1S/C58H40N2/c1-3-17-41(18-4-1)42-33-37-46(38-34-42)59(55-30-12-9-24-52(55)51-29-15-22-43-21-7-8-23-48(43)51)47-39-35-45(36-40-47)50-28-16-27-49(44-19-5-2-6-20-44)58(50)60-56-31-13-10-25-53(56)54-26-11-14-32-57(54)60/h1-40H. The van der Waals surface area contributed by atoms with E-state index in [9.17, 15) is 0 Å². The van der Waals surface area contributed by atoms with Crippen molar-refractivity contribution >= 4 is 49.6 Å². The van der Waals surface area contributed by atoms with E-state index in [1.54, 1.807) is 0 Å². The molecule has 282 valence electrons. The SMILES string of the molecule is c1ccc(-c2ccc(N(c3ccc(-c4cccc(-c5ccccc5)c4-n4c5ccccc5c5ccccc54)cc3)c3ccccc3-c3cccc4ccccc34)cc2)cc1. The molecule has 0 amide bonds. The van der Waals surface area contributed by atoms with E-state index in [2.05, 4.69) is 252 Å². The van der Waals surface area contributed by atoms with Gasteiger partial charge in [-0.25, -0.2) is 0 Å². The summed E-state index contributed by atoms with van der Waals surface area (Å²) >= 11 is 0. The highest BCUT2D eigenvalue weighted by atomic mass is 15.1. The second-order valence-electron chi connectivity index (χ2n) is 15.3. The van der Waals surface area contributed by atoms with Crippen molar-refractivity contribution in [2.24, 2.45) is 0 Å². The van der Waals surface area contributed by atoms with Crippen molar-refractivity contribution < 1.29 is 0 Å². The summed E-state index contributed by atoms with van der Waals surface area (Å²) < 4.78 is 2.47. The molecule has 0 saturated carbocycles. The fourth-order valence-electron chi connectivity index (χ4n) is 9.04. The molecule has 0 aliphatic heterocycles. The quantitative estimate of drug-likeness (QED) is 0.150. The van der Waals surface area contributed by atoms with E-state index >= 15 is 0 Å². The van der Waals surface area contributed by atoms with Gasteiger partial charge in [-0.2, -0.15) is 0 Å². The number of benzene rings is 10. The first kappa shape index (κ1) is 35.2. The fraction of sp³-hybridized carbons (Fsp3) is 0. The zero-order valence-electron chi connectivity index (χ0n) is 33.0. The number of para-hydroxylation sites is 4. The van der Waals surface area contributed by atoms with Crippen LogP contribution in [0.25, 0.3) is 82.8 Å². The molecule has 2 heteroatoms. The molecule has 0 unspecified atom stereocenters. The number of hydrogen-bond donors (Lipinski definition) is 0. The zero-order chi connectivity index (χ0) is 39.8. The van der Waals surface area contributed by atoms with Gasteiger partial charge in [-0.15, -0.1) is 0 Å².